The van der Waals surface area contributed by atoms with Crippen LogP contribution in [0.1, 0.15) is 78.6 Å². The highest BCUT2D eigenvalue weighted by Crippen LogP contribution is 2.28. The van der Waals surface area contributed by atoms with Crippen molar-refractivity contribution in [2.45, 2.75) is 90.6 Å². The SMILES string of the molecule is CCCCC(C)NC1CCC(CCC)CC1. The molecule has 0 bridgehead atoms. The highest BCUT2D eigenvalue weighted by atomic mass is 14.9. The molecule has 1 aliphatic rings. The fraction of sp³-hybridized carbons (Fsp3) is 1.00. The number of hydrogen-bond donors (Lipinski definition) is 1. The summed E-state index contributed by atoms with van der Waals surface area (Å²) in [6, 6.07) is 1.55. The molecule has 16 heavy (non-hydrogen) atoms. The Labute approximate surface area is 102 Å². The van der Waals surface area contributed by atoms with E-state index < -0.39 is 0 Å². The van der Waals surface area contributed by atoms with Gasteiger partial charge in [-0.15, -0.1) is 0 Å². The molecule has 0 aromatic carbocycles. The maximum Gasteiger partial charge on any atom is 0.00697 e. The van der Waals surface area contributed by atoms with Crippen molar-refractivity contribution in [3.63, 3.8) is 0 Å². The molecule has 1 heteroatoms. The van der Waals surface area contributed by atoms with E-state index in [1.807, 2.05) is 0 Å². The average Bonchev–Trinajstić information content (AvgIpc) is 2.29. The zero-order chi connectivity index (χ0) is 11.8. The van der Waals surface area contributed by atoms with Crippen LogP contribution in [0.25, 0.3) is 0 Å². The topological polar surface area (TPSA) is 12.0 Å². The van der Waals surface area contributed by atoms with Gasteiger partial charge in [0.2, 0.25) is 0 Å². The van der Waals surface area contributed by atoms with E-state index in [4.69, 9.17) is 0 Å². The summed E-state index contributed by atoms with van der Waals surface area (Å²) in [5.41, 5.74) is 0. The van der Waals surface area contributed by atoms with Crippen molar-refractivity contribution in [2.75, 3.05) is 0 Å². The summed E-state index contributed by atoms with van der Waals surface area (Å²) in [5.74, 6) is 1.04. The van der Waals surface area contributed by atoms with Crippen molar-refractivity contribution in [3.05, 3.63) is 0 Å². The summed E-state index contributed by atoms with van der Waals surface area (Å²) in [6.45, 7) is 6.95. The fourth-order valence-electron chi connectivity index (χ4n) is 3.02. The number of hydrogen-bond acceptors (Lipinski definition) is 1. The van der Waals surface area contributed by atoms with Gasteiger partial charge in [0.25, 0.3) is 0 Å². The molecule has 1 fully saturated rings. The summed E-state index contributed by atoms with van der Waals surface area (Å²) in [5, 5.41) is 3.82. The smallest absolute Gasteiger partial charge is 0.00697 e. The summed E-state index contributed by atoms with van der Waals surface area (Å²) in [7, 11) is 0. The molecule has 0 aromatic heterocycles. The number of rotatable bonds is 7. The fourth-order valence-corrected chi connectivity index (χ4v) is 3.02. The quantitative estimate of drug-likeness (QED) is 0.672. The second-order valence-electron chi connectivity index (χ2n) is 5.72. The summed E-state index contributed by atoms with van der Waals surface area (Å²) >= 11 is 0. The zero-order valence-electron chi connectivity index (χ0n) is 11.6. The molecule has 1 rings (SSSR count). The first-order chi connectivity index (χ1) is 7.76. The van der Waals surface area contributed by atoms with Crippen molar-refractivity contribution >= 4 is 0 Å². The number of unbranched alkanes of at least 4 members (excludes halogenated alkanes) is 1. The average molecular weight is 225 g/mol. The molecular formula is C15H31N. The molecule has 1 nitrogen and oxygen atoms in total. The van der Waals surface area contributed by atoms with Crippen molar-refractivity contribution < 1.29 is 0 Å². The van der Waals surface area contributed by atoms with Crippen LogP contribution < -0.4 is 5.32 Å². The molecule has 1 atom stereocenters. The van der Waals surface area contributed by atoms with Crippen LogP contribution in [0, 0.1) is 5.92 Å². The predicted octanol–water partition coefficient (Wildman–Crippen LogP) is 4.51. The Balaban J connectivity index is 2.11. The maximum atomic E-state index is 3.82. The van der Waals surface area contributed by atoms with E-state index >= 15 is 0 Å². The largest absolute Gasteiger partial charge is 0.312 e. The first kappa shape index (κ1) is 14.0. The van der Waals surface area contributed by atoms with Crippen LogP contribution in [0.2, 0.25) is 0 Å². The van der Waals surface area contributed by atoms with Crippen LogP contribution in [0.3, 0.4) is 0 Å². The Morgan fingerprint density at radius 2 is 1.75 bits per heavy atom. The molecule has 1 saturated carbocycles. The van der Waals surface area contributed by atoms with Crippen molar-refractivity contribution in [2.24, 2.45) is 5.92 Å². The Morgan fingerprint density at radius 3 is 2.31 bits per heavy atom. The third kappa shape index (κ3) is 5.34. The molecule has 0 spiro atoms. The maximum absolute atomic E-state index is 3.82. The van der Waals surface area contributed by atoms with Crippen LogP contribution in [-0.2, 0) is 0 Å². The first-order valence-corrected chi connectivity index (χ1v) is 7.52. The lowest BCUT2D eigenvalue weighted by Crippen LogP contribution is -2.39. The summed E-state index contributed by atoms with van der Waals surface area (Å²) < 4.78 is 0. The molecule has 1 unspecified atom stereocenters. The highest BCUT2D eigenvalue weighted by molar-refractivity contribution is 4.79. The minimum absolute atomic E-state index is 0.729. The van der Waals surface area contributed by atoms with Gasteiger partial charge in [-0.25, -0.2) is 0 Å². The second kappa shape index (κ2) is 8.11. The molecule has 96 valence electrons. The van der Waals surface area contributed by atoms with Crippen LogP contribution in [-0.4, -0.2) is 12.1 Å². The van der Waals surface area contributed by atoms with Gasteiger partial charge in [-0.3, -0.25) is 0 Å². The Hall–Kier alpha value is -0.0400. The van der Waals surface area contributed by atoms with Crippen LogP contribution in [0.5, 0.6) is 0 Å². The van der Waals surface area contributed by atoms with Gasteiger partial charge in [0.1, 0.15) is 0 Å². The minimum atomic E-state index is 0.729. The van der Waals surface area contributed by atoms with E-state index in [0.29, 0.717) is 0 Å². The Bertz CT molecular complexity index is 159. The third-order valence-corrected chi connectivity index (χ3v) is 4.05. The molecule has 1 aliphatic carbocycles. The molecule has 0 aromatic rings. The molecule has 0 saturated heterocycles. The molecule has 0 amide bonds. The Kier molecular flexibility index (Phi) is 7.11. The van der Waals surface area contributed by atoms with Crippen molar-refractivity contribution in [1.82, 2.24) is 5.32 Å². The molecule has 0 radical (unpaired) electrons. The van der Waals surface area contributed by atoms with Crippen LogP contribution in [0.15, 0.2) is 0 Å². The van der Waals surface area contributed by atoms with E-state index in [1.165, 1.54) is 57.8 Å². The van der Waals surface area contributed by atoms with E-state index in [1.54, 1.807) is 0 Å². The molecular weight excluding hydrogens is 194 g/mol. The lowest BCUT2D eigenvalue weighted by Gasteiger charge is -2.31. The van der Waals surface area contributed by atoms with E-state index in [-0.39, 0.29) is 0 Å². The highest BCUT2D eigenvalue weighted by Gasteiger charge is 2.21. The van der Waals surface area contributed by atoms with Crippen molar-refractivity contribution in [3.8, 4) is 0 Å². The normalized spacial score (nSPS) is 27.9. The first-order valence-electron chi connectivity index (χ1n) is 7.52. The lowest BCUT2D eigenvalue weighted by atomic mass is 9.83. The third-order valence-electron chi connectivity index (χ3n) is 4.05. The predicted molar refractivity (Wildman–Crippen MR) is 72.8 cm³/mol. The van der Waals surface area contributed by atoms with Gasteiger partial charge in [0, 0.05) is 12.1 Å². The van der Waals surface area contributed by atoms with Crippen LogP contribution >= 0.6 is 0 Å². The molecule has 1 N–H and O–H groups in total. The van der Waals surface area contributed by atoms with E-state index in [2.05, 4.69) is 26.1 Å². The lowest BCUT2D eigenvalue weighted by molar-refractivity contribution is 0.262. The van der Waals surface area contributed by atoms with Gasteiger partial charge in [0.05, 0.1) is 0 Å². The van der Waals surface area contributed by atoms with Crippen LogP contribution in [0.4, 0.5) is 0 Å². The van der Waals surface area contributed by atoms with Gasteiger partial charge in [-0.1, -0.05) is 39.5 Å². The van der Waals surface area contributed by atoms with Gasteiger partial charge >= 0.3 is 0 Å². The van der Waals surface area contributed by atoms with Gasteiger partial charge < -0.3 is 5.32 Å². The van der Waals surface area contributed by atoms with E-state index in [9.17, 15) is 0 Å². The molecule has 0 aliphatic heterocycles. The summed E-state index contributed by atoms with van der Waals surface area (Å²) in [4.78, 5) is 0. The minimum Gasteiger partial charge on any atom is -0.312 e. The summed E-state index contributed by atoms with van der Waals surface area (Å²) in [6.07, 6.45) is 12.6. The zero-order valence-corrected chi connectivity index (χ0v) is 11.6. The van der Waals surface area contributed by atoms with Gasteiger partial charge in [0.15, 0.2) is 0 Å². The molecule has 0 heterocycles. The second-order valence-corrected chi connectivity index (χ2v) is 5.72. The standard InChI is InChI=1S/C15H31N/c1-4-6-8-13(3)16-15-11-9-14(7-5-2)10-12-15/h13-16H,4-12H2,1-3H3. The van der Waals surface area contributed by atoms with Gasteiger partial charge in [-0.05, 0) is 44.9 Å². The monoisotopic (exact) mass is 225 g/mol. The van der Waals surface area contributed by atoms with Crippen molar-refractivity contribution in [1.29, 1.82) is 0 Å². The Morgan fingerprint density at radius 1 is 1.06 bits per heavy atom. The van der Waals surface area contributed by atoms with Gasteiger partial charge in [-0.2, -0.15) is 0 Å². The number of nitrogens with one attached hydrogen (secondary N) is 1. The van der Waals surface area contributed by atoms with E-state index in [0.717, 1.165) is 18.0 Å².